The Bertz CT molecular complexity index is 244. The lowest BCUT2D eigenvalue weighted by Gasteiger charge is -2.18. The molecule has 1 N–H and O–H groups in total. The fraction of sp³-hybridized carbons (Fsp3) is 0.500. The van der Waals surface area contributed by atoms with Crippen molar-refractivity contribution in [3.05, 3.63) is 30.3 Å². The van der Waals surface area contributed by atoms with Gasteiger partial charge in [0.1, 0.15) is 11.9 Å². The third kappa shape index (κ3) is 3.79. The Hall–Kier alpha value is -1.02. The Morgan fingerprint density at radius 3 is 2.43 bits per heavy atom. The molecule has 2 unspecified atom stereocenters. The number of aliphatic hydroxyl groups is 1. The lowest BCUT2D eigenvalue weighted by molar-refractivity contribution is 0.103. The molecule has 1 aromatic carbocycles. The molecule has 2 atom stereocenters. The summed E-state index contributed by atoms with van der Waals surface area (Å²) >= 11 is 0. The Morgan fingerprint density at radius 1 is 1.29 bits per heavy atom. The molecule has 78 valence electrons. The average molecular weight is 194 g/mol. The van der Waals surface area contributed by atoms with E-state index in [0.29, 0.717) is 6.42 Å². The molecule has 14 heavy (non-hydrogen) atoms. The maximum absolute atomic E-state index is 9.25. The summed E-state index contributed by atoms with van der Waals surface area (Å²) in [5.74, 6) is 0.875. The molecule has 2 nitrogen and oxygen atoms in total. The minimum Gasteiger partial charge on any atom is -0.490 e. The van der Waals surface area contributed by atoms with Gasteiger partial charge in [-0.25, -0.2) is 0 Å². The van der Waals surface area contributed by atoms with Crippen molar-refractivity contribution in [3.63, 3.8) is 0 Å². The maximum atomic E-state index is 9.25. The number of ether oxygens (including phenoxy) is 1. The Balaban J connectivity index is 2.48. The number of rotatable bonds is 5. The van der Waals surface area contributed by atoms with Gasteiger partial charge in [-0.05, 0) is 25.5 Å². The fourth-order valence-electron chi connectivity index (χ4n) is 1.37. The highest BCUT2D eigenvalue weighted by Crippen LogP contribution is 2.15. The molecule has 0 bridgehead atoms. The molecule has 0 amide bonds. The molecule has 2 heteroatoms. The van der Waals surface area contributed by atoms with Gasteiger partial charge >= 0.3 is 0 Å². The van der Waals surface area contributed by atoms with Crippen LogP contribution in [0.3, 0.4) is 0 Å². The summed E-state index contributed by atoms with van der Waals surface area (Å²) in [6.45, 7) is 3.85. The van der Waals surface area contributed by atoms with E-state index in [1.807, 2.05) is 30.3 Å². The Morgan fingerprint density at radius 2 is 1.93 bits per heavy atom. The summed E-state index contributed by atoms with van der Waals surface area (Å²) in [6.07, 6.45) is 1.41. The van der Waals surface area contributed by atoms with Crippen LogP contribution in [0.2, 0.25) is 0 Å². The van der Waals surface area contributed by atoms with E-state index in [4.69, 9.17) is 4.74 Å². The minimum absolute atomic E-state index is 0.109. The van der Waals surface area contributed by atoms with Crippen molar-refractivity contribution < 1.29 is 9.84 Å². The van der Waals surface area contributed by atoms with Crippen molar-refractivity contribution in [3.8, 4) is 5.75 Å². The smallest absolute Gasteiger partial charge is 0.119 e. The zero-order valence-corrected chi connectivity index (χ0v) is 8.81. The number of hydrogen-bond donors (Lipinski definition) is 1. The molecular formula is C12H18O2. The van der Waals surface area contributed by atoms with Gasteiger partial charge in [-0.2, -0.15) is 0 Å². The molecule has 0 heterocycles. The number of benzene rings is 1. The quantitative estimate of drug-likeness (QED) is 0.780. The predicted molar refractivity (Wildman–Crippen MR) is 57.4 cm³/mol. The lowest BCUT2D eigenvalue weighted by atomic mass is 10.1. The van der Waals surface area contributed by atoms with Gasteiger partial charge in [-0.3, -0.25) is 0 Å². The van der Waals surface area contributed by atoms with E-state index in [1.54, 1.807) is 6.92 Å². The monoisotopic (exact) mass is 194 g/mol. The molecule has 1 aromatic rings. The van der Waals surface area contributed by atoms with Gasteiger partial charge in [-0.15, -0.1) is 0 Å². The molecule has 0 radical (unpaired) electrons. The molecule has 0 aliphatic carbocycles. The standard InChI is InChI=1S/C12H18O2/c1-3-11(9-10(2)13)14-12-7-5-4-6-8-12/h4-8,10-11,13H,3,9H2,1-2H3. The van der Waals surface area contributed by atoms with Crippen LogP contribution in [0.15, 0.2) is 30.3 Å². The summed E-state index contributed by atoms with van der Waals surface area (Å²) < 4.78 is 5.71. The molecule has 0 saturated heterocycles. The van der Waals surface area contributed by atoms with Crippen LogP contribution in [-0.4, -0.2) is 17.3 Å². The van der Waals surface area contributed by atoms with E-state index in [9.17, 15) is 5.11 Å². The van der Waals surface area contributed by atoms with Crippen LogP contribution in [0.25, 0.3) is 0 Å². The number of aliphatic hydroxyl groups excluding tert-OH is 1. The SMILES string of the molecule is CCC(CC(C)O)Oc1ccccc1. The first-order valence-electron chi connectivity index (χ1n) is 5.12. The van der Waals surface area contributed by atoms with Crippen molar-refractivity contribution >= 4 is 0 Å². The second-order valence-corrected chi connectivity index (χ2v) is 3.55. The normalized spacial score (nSPS) is 14.8. The van der Waals surface area contributed by atoms with E-state index >= 15 is 0 Å². The largest absolute Gasteiger partial charge is 0.490 e. The van der Waals surface area contributed by atoms with E-state index in [2.05, 4.69) is 6.92 Å². The van der Waals surface area contributed by atoms with E-state index in [0.717, 1.165) is 12.2 Å². The second kappa shape index (κ2) is 5.66. The molecule has 0 spiro atoms. The summed E-state index contributed by atoms with van der Waals surface area (Å²) in [6, 6.07) is 9.73. The summed E-state index contributed by atoms with van der Waals surface area (Å²) in [7, 11) is 0. The summed E-state index contributed by atoms with van der Waals surface area (Å²) in [4.78, 5) is 0. The third-order valence-electron chi connectivity index (χ3n) is 2.11. The topological polar surface area (TPSA) is 29.5 Å². The van der Waals surface area contributed by atoms with Gasteiger partial charge in [0.15, 0.2) is 0 Å². The third-order valence-corrected chi connectivity index (χ3v) is 2.11. The highest BCUT2D eigenvalue weighted by atomic mass is 16.5. The Kier molecular flexibility index (Phi) is 4.47. The van der Waals surface area contributed by atoms with Gasteiger partial charge in [0.25, 0.3) is 0 Å². The highest BCUT2D eigenvalue weighted by molar-refractivity contribution is 5.21. The lowest BCUT2D eigenvalue weighted by Crippen LogP contribution is -2.20. The number of hydrogen-bond acceptors (Lipinski definition) is 2. The predicted octanol–water partition coefficient (Wildman–Crippen LogP) is 2.61. The van der Waals surface area contributed by atoms with Gasteiger partial charge < -0.3 is 9.84 Å². The first-order chi connectivity index (χ1) is 6.72. The van der Waals surface area contributed by atoms with Crippen LogP contribution >= 0.6 is 0 Å². The molecule has 0 aliphatic heterocycles. The summed E-state index contributed by atoms with van der Waals surface area (Å²) in [5.41, 5.74) is 0. The van der Waals surface area contributed by atoms with Crippen LogP contribution in [0.1, 0.15) is 26.7 Å². The minimum atomic E-state index is -0.302. The van der Waals surface area contributed by atoms with E-state index < -0.39 is 0 Å². The van der Waals surface area contributed by atoms with Crippen LogP contribution in [0, 0.1) is 0 Å². The molecule has 0 fully saturated rings. The van der Waals surface area contributed by atoms with E-state index in [1.165, 1.54) is 0 Å². The van der Waals surface area contributed by atoms with Crippen LogP contribution in [-0.2, 0) is 0 Å². The maximum Gasteiger partial charge on any atom is 0.119 e. The van der Waals surface area contributed by atoms with Crippen LogP contribution < -0.4 is 4.74 Å². The summed E-state index contributed by atoms with van der Waals surface area (Å²) in [5, 5.41) is 9.25. The fourth-order valence-corrected chi connectivity index (χ4v) is 1.37. The highest BCUT2D eigenvalue weighted by Gasteiger charge is 2.10. The first-order valence-corrected chi connectivity index (χ1v) is 5.12. The molecule has 0 saturated carbocycles. The molecular weight excluding hydrogens is 176 g/mol. The van der Waals surface area contributed by atoms with Gasteiger partial charge in [-0.1, -0.05) is 25.1 Å². The zero-order chi connectivity index (χ0) is 10.4. The zero-order valence-electron chi connectivity index (χ0n) is 8.81. The van der Waals surface area contributed by atoms with E-state index in [-0.39, 0.29) is 12.2 Å². The van der Waals surface area contributed by atoms with Crippen molar-refractivity contribution in [2.24, 2.45) is 0 Å². The van der Waals surface area contributed by atoms with Crippen molar-refractivity contribution in [1.29, 1.82) is 0 Å². The Labute approximate surface area is 85.5 Å². The average Bonchev–Trinajstić information content (AvgIpc) is 2.17. The van der Waals surface area contributed by atoms with Gasteiger partial charge in [0.2, 0.25) is 0 Å². The van der Waals surface area contributed by atoms with Crippen LogP contribution in [0.4, 0.5) is 0 Å². The molecule has 0 aliphatic rings. The first kappa shape index (κ1) is 11.1. The number of para-hydroxylation sites is 1. The molecule has 1 rings (SSSR count). The van der Waals surface area contributed by atoms with Crippen molar-refractivity contribution in [1.82, 2.24) is 0 Å². The second-order valence-electron chi connectivity index (χ2n) is 3.55. The van der Waals surface area contributed by atoms with Gasteiger partial charge in [0.05, 0.1) is 6.10 Å². The van der Waals surface area contributed by atoms with Crippen molar-refractivity contribution in [2.75, 3.05) is 0 Å². The van der Waals surface area contributed by atoms with Crippen LogP contribution in [0.5, 0.6) is 5.75 Å². The van der Waals surface area contributed by atoms with Crippen molar-refractivity contribution in [2.45, 2.75) is 38.9 Å². The van der Waals surface area contributed by atoms with Gasteiger partial charge in [0, 0.05) is 6.42 Å². The molecule has 0 aromatic heterocycles.